The Labute approximate surface area is 168 Å². The zero-order valence-electron chi connectivity index (χ0n) is 14.9. The topological polar surface area (TPSA) is 77.6 Å². The molecule has 3 heterocycles. The van der Waals surface area contributed by atoms with Crippen LogP contribution >= 0.6 is 11.3 Å². The van der Waals surface area contributed by atoms with E-state index < -0.39 is 11.7 Å². The first-order chi connectivity index (χ1) is 14.2. The predicted molar refractivity (Wildman–Crippen MR) is 108 cm³/mol. The number of halogens is 1. The van der Waals surface area contributed by atoms with Crippen molar-refractivity contribution in [3.8, 4) is 16.4 Å². The van der Waals surface area contributed by atoms with Crippen LogP contribution in [0.1, 0.15) is 10.6 Å². The number of fused-ring (bicyclic) bond motifs is 1. The summed E-state index contributed by atoms with van der Waals surface area (Å²) in [5.74, 6) is -0.464. The Morgan fingerprint density at radius 2 is 1.97 bits per heavy atom. The summed E-state index contributed by atoms with van der Waals surface area (Å²) >= 11 is 1.46. The van der Waals surface area contributed by atoms with Gasteiger partial charge in [-0.25, -0.2) is 23.7 Å². The molecule has 1 amide bonds. The molecular weight excluding hydrogens is 391 g/mol. The highest BCUT2D eigenvalue weighted by Gasteiger charge is 2.20. The number of imidazole rings is 1. The molecule has 0 saturated carbocycles. The van der Waals surface area contributed by atoms with Gasteiger partial charge in [-0.3, -0.25) is 10.2 Å². The number of hydrogen-bond acceptors (Lipinski definition) is 5. The maximum atomic E-state index is 13.7. The van der Waals surface area contributed by atoms with Crippen molar-refractivity contribution in [1.29, 1.82) is 0 Å². The van der Waals surface area contributed by atoms with Crippen molar-refractivity contribution in [3.63, 3.8) is 0 Å². The van der Waals surface area contributed by atoms with Crippen LogP contribution in [0.2, 0.25) is 0 Å². The van der Waals surface area contributed by atoms with Crippen LogP contribution in [0.4, 0.5) is 4.39 Å². The molecule has 0 radical (unpaired) electrons. The van der Waals surface area contributed by atoms with Crippen LogP contribution in [0.5, 0.6) is 0 Å². The number of carbonyl (C=O) groups excluding carboxylic acids is 1. The number of aromatic nitrogens is 5. The van der Waals surface area contributed by atoms with Gasteiger partial charge in [0.2, 0.25) is 5.82 Å². The standard InChI is InChI=1S/C20H13FN6OS/c21-13-5-3-6-14(11-13)27-19(17-9-4-10-29-17)23-18(24-27)20(28)25-26-12-22-15-7-1-2-8-16(15)26/h1-12H,(H,25,28). The molecule has 9 heteroatoms. The van der Waals surface area contributed by atoms with E-state index in [1.165, 1.54) is 39.2 Å². The molecule has 5 aromatic rings. The van der Waals surface area contributed by atoms with E-state index in [2.05, 4.69) is 20.5 Å². The summed E-state index contributed by atoms with van der Waals surface area (Å²) in [5, 5.41) is 6.24. The Morgan fingerprint density at radius 3 is 2.79 bits per heavy atom. The van der Waals surface area contributed by atoms with Gasteiger partial charge in [0.15, 0.2) is 5.82 Å². The number of nitrogens with one attached hydrogen (secondary N) is 1. The predicted octanol–water partition coefficient (Wildman–Crippen LogP) is 3.87. The van der Waals surface area contributed by atoms with Gasteiger partial charge in [0.05, 0.1) is 21.6 Å². The minimum atomic E-state index is -0.499. The van der Waals surface area contributed by atoms with E-state index in [4.69, 9.17) is 0 Å². The number of rotatable bonds is 4. The highest BCUT2D eigenvalue weighted by atomic mass is 32.1. The minimum absolute atomic E-state index is 0.0320. The van der Waals surface area contributed by atoms with Gasteiger partial charge >= 0.3 is 5.91 Å². The Morgan fingerprint density at radius 1 is 1.07 bits per heavy atom. The fourth-order valence-electron chi connectivity index (χ4n) is 2.97. The number of nitrogens with zero attached hydrogens (tertiary/aromatic N) is 5. The van der Waals surface area contributed by atoms with Gasteiger partial charge in [-0.1, -0.05) is 24.3 Å². The number of hydrogen-bond donors (Lipinski definition) is 1. The van der Waals surface area contributed by atoms with Gasteiger partial charge in [-0.2, -0.15) is 0 Å². The lowest BCUT2D eigenvalue weighted by atomic mass is 10.3. The van der Waals surface area contributed by atoms with Gasteiger partial charge in [0, 0.05) is 0 Å². The lowest BCUT2D eigenvalue weighted by molar-refractivity contribution is 0.0998. The zero-order valence-corrected chi connectivity index (χ0v) is 15.7. The third-order valence-corrected chi connectivity index (χ3v) is 5.15. The molecule has 0 aliphatic heterocycles. The molecule has 142 valence electrons. The summed E-state index contributed by atoms with van der Waals surface area (Å²) in [5.41, 5.74) is 4.72. The third-order valence-electron chi connectivity index (χ3n) is 4.28. The maximum Gasteiger partial charge on any atom is 0.309 e. The molecule has 0 aliphatic rings. The monoisotopic (exact) mass is 404 g/mol. The summed E-state index contributed by atoms with van der Waals surface area (Å²) in [6, 6.07) is 17.2. The first-order valence-electron chi connectivity index (χ1n) is 8.69. The lowest BCUT2D eigenvalue weighted by Crippen LogP contribution is -2.23. The Kier molecular flexibility index (Phi) is 4.14. The van der Waals surface area contributed by atoms with Crippen LogP contribution in [0.15, 0.2) is 72.4 Å². The van der Waals surface area contributed by atoms with Gasteiger partial charge in [0.25, 0.3) is 0 Å². The van der Waals surface area contributed by atoms with Crippen LogP contribution < -0.4 is 5.43 Å². The normalized spacial score (nSPS) is 11.1. The molecular formula is C20H13FN6OS. The van der Waals surface area contributed by atoms with E-state index in [1.54, 1.807) is 12.1 Å². The molecule has 0 bridgehead atoms. The molecule has 0 atom stereocenters. The van der Waals surface area contributed by atoms with E-state index in [0.29, 0.717) is 11.5 Å². The van der Waals surface area contributed by atoms with Crippen LogP contribution in [0.25, 0.3) is 27.4 Å². The first kappa shape index (κ1) is 17.3. The second-order valence-corrected chi connectivity index (χ2v) is 7.12. The molecule has 5 rings (SSSR count). The minimum Gasteiger partial charge on any atom is -0.264 e. The molecule has 0 spiro atoms. The van der Waals surface area contributed by atoms with Crippen LogP contribution in [0.3, 0.4) is 0 Å². The number of thiophene rings is 1. The smallest absolute Gasteiger partial charge is 0.264 e. The van der Waals surface area contributed by atoms with Gasteiger partial charge < -0.3 is 0 Å². The van der Waals surface area contributed by atoms with Gasteiger partial charge in [-0.05, 0) is 41.8 Å². The highest BCUT2D eigenvalue weighted by molar-refractivity contribution is 7.13. The summed E-state index contributed by atoms with van der Waals surface area (Å²) < 4.78 is 16.7. The van der Waals surface area contributed by atoms with Crippen molar-refractivity contribution < 1.29 is 9.18 Å². The average Bonchev–Trinajstić information content (AvgIpc) is 3.47. The average molecular weight is 404 g/mol. The molecule has 1 N–H and O–H groups in total. The molecule has 7 nitrogen and oxygen atoms in total. The van der Waals surface area contributed by atoms with Crippen LogP contribution in [-0.4, -0.2) is 30.3 Å². The van der Waals surface area contributed by atoms with Crippen molar-refractivity contribution in [1.82, 2.24) is 24.4 Å². The molecule has 0 unspecified atom stereocenters. The van der Waals surface area contributed by atoms with E-state index in [9.17, 15) is 9.18 Å². The molecule has 2 aromatic carbocycles. The van der Waals surface area contributed by atoms with Crippen LogP contribution in [0, 0.1) is 5.82 Å². The Bertz CT molecular complexity index is 1320. The second kappa shape index (κ2) is 6.95. The summed E-state index contributed by atoms with van der Waals surface area (Å²) in [6.45, 7) is 0. The maximum absolute atomic E-state index is 13.7. The van der Waals surface area contributed by atoms with Crippen molar-refractivity contribution in [3.05, 3.63) is 84.0 Å². The quantitative estimate of drug-likeness (QED) is 0.493. The summed E-state index contributed by atoms with van der Waals surface area (Å²) in [4.78, 5) is 22.3. The third kappa shape index (κ3) is 3.17. The Hall–Kier alpha value is -3.85. The van der Waals surface area contributed by atoms with E-state index in [1.807, 2.05) is 41.8 Å². The molecule has 0 saturated heterocycles. The summed E-state index contributed by atoms with van der Waals surface area (Å²) in [7, 11) is 0. The van der Waals surface area contributed by atoms with Crippen molar-refractivity contribution >= 4 is 28.3 Å². The molecule has 3 aromatic heterocycles. The fourth-order valence-corrected chi connectivity index (χ4v) is 3.67. The number of para-hydroxylation sites is 2. The lowest BCUT2D eigenvalue weighted by Gasteiger charge is -2.04. The second-order valence-electron chi connectivity index (χ2n) is 6.17. The van der Waals surface area contributed by atoms with E-state index >= 15 is 0 Å². The van der Waals surface area contributed by atoms with Crippen molar-refractivity contribution in [2.45, 2.75) is 0 Å². The van der Waals surface area contributed by atoms with E-state index in [-0.39, 0.29) is 5.82 Å². The van der Waals surface area contributed by atoms with Crippen LogP contribution in [-0.2, 0) is 0 Å². The van der Waals surface area contributed by atoms with Crippen molar-refractivity contribution in [2.75, 3.05) is 5.43 Å². The number of amides is 1. The fraction of sp³-hybridized carbons (Fsp3) is 0. The number of carbonyl (C=O) groups is 1. The molecule has 29 heavy (non-hydrogen) atoms. The zero-order chi connectivity index (χ0) is 19.8. The Balaban J connectivity index is 1.55. The van der Waals surface area contributed by atoms with Crippen molar-refractivity contribution in [2.24, 2.45) is 0 Å². The molecule has 0 aliphatic carbocycles. The largest absolute Gasteiger partial charge is 0.309 e. The van der Waals surface area contributed by atoms with E-state index in [0.717, 1.165) is 15.9 Å². The van der Waals surface area contributed by atoms with Gasteiger partial charge in [-0.15, -0.1) is 16.4 Å². The van der Waals surface area contributed by atoms with Gasteiger partial charge in [0.1, 0.15) is 12.1 Å². The first-order valence-corrected chi connectivity index (χ1v) is 9.57. The highest BCUT2D eigenvalue weighted by Crippen LogP contribution is 2.26. The SMILES string of the molecule is O=C(Nn1cnc2ccccc21)c1nc(-c2cccs2)n(-c2cccc(F)c2)n1. The molecule has 0 fully saturated rings. The number of benzene rings is 2. The summed E-state index contributed by atoms with van der Waals surface area (Å²) in [6.07, 6.45) is 1.52.